The first kappa shape index (κ1) is 68.2. The third-order valence-electron chi connectivity index (χ3n) is 19.1. The molecular formula is C83H73Cl6N9. The summed E-state index contributed by atoms with van der Waals surface area (Å²) in [6, 6.07) is 65.8. The molecule has 0 saturated heterocycles. The molecule has 98 heavy (non-hydrogen) atoms. The Morgan fingerprint density at radius 3 is 1.18 bits per heavy atom. The maximum atomic E-state index is 6.29. The van der Waals surface area contributed by atoms with E-state index in [4.69, 9.17) is 69.6 Å². The second kappa shape index (κ2) is 30.0. The average Bonchev–Trinajstić information content (AvgIpc) is 1.62. The summed E-state index contributed by atoms with van der Waals surface area (Å²) in [5, 5.41) is 9.50. The maximum absolute atomic E-state index is 6.29. The SMILES string of the molecule is CC1c2c(c3cc(Cl)ccc3n2C#Cc2ccc(Cl)cc2)CCN1C.CCC1c2c(c3cc(Cl)ccc3n2C#Cc2ccc(Cl)cc2)CCN1C.CN1CCc2c(n(C#Cc3ccc(Cl)cc3)c3ccc(Cl)cc23)C1.Cc1ccc2c(c1)c1c(n2C#Cc2ccncc2)CN(C)CC1. The molecule has 0 saturated carbocycles. The largest absolute Gasteiger partial charge is 0.300 e. The minimum Gasteiger partial charge on any atom is -0.300 e. The number of likely N-dealkylation sites (N-methyl/N-ethyl adjacent to an activating group) is 4. The van der Waals surface area contributed by atoms with Crippen molar-refractivity contribution in [2.75, 3.05) is 54.4 Å². The van der Waals surface area contributed by atoms with Crippen molar-refractivity contribution in [1.82, 2.24) is 42.9 Å². The fourth-order valence-corrected chi connectivity index (χ4v) is 14.8. The van der Waals surface area contributed by atoms with Crippen molar-refractivity contribution in [3.05, 3.63) is 273 Å². The highest BCUT2D eigenvalue weighted by molar-refractivity contribution is 6.32. The van der Waals surface area contributed by atoms with Crippen LogP contribution in [0.2, 0.25) is 30.1 Å². The summed E-state index contributed by atoms with van der Waals surface area (Å²) in [4.78, 5) is 13.5. The first-order chi connectivity index (χ1) is 47.5. The van der Waals surface area contributed by atoms with Gasteiger partial charge < -0.3 is 9.80 Å². The van der Waals surface area contributed by atoms with Gasteiger partial charge in [0.2, 0.25) is 0 Å². The molecule has 0 radical (unpaired) electrons. The van der Waals surface area contributed by atoms with E-state index in [0.717, 1.165) is 140 Å². The number of pyridine rings is 1. The number of hydrogen-bond acceptors (Lipinski definition) is 5. The molecule has 5 aromatic heterocycles. The third-order valence-corrected chi connectivity index (χ3v) is 20.6. The van der Waals surface area contributed by atoms with Gasteiger partial charge in [0.05, 0.1) is 39.5 Å². The summed E-state index contributed by atoms with van der Waals surface area (Å²) in [7, 11) is 8.67. The third kappa shape index (κ3) is 14.7. The smallest absolute Gasteiger partial charge is 0.0619 e. The quantitative estimate of drug-likeness (QED) is 0.153. The second-order valence-electron chi connectivity index (χ2n) is 25.7. The molecule has 0 bridgehead atoms. The zero-order valence-electron chi connectivity index (χ0n) is 55.9. The van der Waals surface area contributed by atoms with Crippen LogP contribution in [0.5, 0.6) is 0 Å². The van der Waals surface area contributed by atoms with Gasteiger partial charge >= 0.3 is 0 Å². The second-order valence-corrected chi connectivity index (χ2v) is 28.3. The zero-order valence-corrected chi connectivity index (χ0v) is 60.4. The number of benzene rings is 7. The van der Waals surface area contributed by atoms with E-state index < -0.39 is 0 Å². The van der Waals surface area contributed by atoms with Gasteiger partial charge in [-0.1, -0.05) is 88.2 Å². The Hall–Kier alpha value is -8.33. The number of halogens is 6. The molecule has 15 heteroatoms. The van der Waals surface area contributed by atoms with Crippen LogP contribution in [0.15, 0.2) is 170 Å². The summed E-state index contributed by atoms with van der Waals surface area (Å²) in [5.41, 5.74) is 20.5. The molecule has 492 valence electrons. The lowest BCUT2D eigenvalue weighted by Gasteiger charge is -2.32. The molecule has 0 spiro atoms. The predicted molar refractivity (Wildman–Crippen MR) is 409 cm³/mol. The van der Waals surface area contributed by atoms with Gasteiger partial charge in [-0.15, -0.1) is 0 Å². The van der Waals surface area contributed by atoms with E-state index in [2.05, 4.69) is 194 Å². The molecule has 4 aliphatic heterocycles. The average molecular weight is 1410 g/mol. The van der Waals surface area contributed by atoms with Crippen LogP contribution >= 0.6 is 69.6 Å². The summed E-state index contributed by atoms with van der Waals surface area (Å²) in [6.45, 7) is 12.7. The minimum atomic E-state index is 0.314. The van der Waals surface area contributed by atoms with Crippen molar-refractivity contribution in [1.29, 1.82) is 0 Å². The Kier molecular flexibility index (Phi) is 20.9. The lowest BCUT2D eigenvalue weighted by Crippen LogP contribution is -2.32. The van der Waals surface area contributed by atoms with Gasteiger partial charge in [0.15, 0.2) is 0 Å². The summed E-state index contributed by atoms with van der Waals surface area (Å²) < 4.78 is 8.60. The van der Waals surface area contributed by atoms with Gasteiger partial charge in [0, 0.05) is 167 Å². The molecule has 4 aliphatic rings. The number of aryl methyl sites for hydroxylation is 1. The van der Waals surface area contributed by atoms with Gasteiger partial charge in [0.25, 0.3) is 0 Å². The van der Waals surface area contributed by atoms with Crippen LogP contribution in [0.1, 0.15) is 105 Å². The summed E-state index contributed by atoms with van der Waals surface area (Å²) in [5.74, 6) is 13.1. The zero-order chi connectivity index (χ0) is 68.3. The Labute approximate surface area is 605 Å². The van der Waals surface area contributed by atoms with Crippen molar-refractivity contribution in [2.45, 2.75) is 78.0 Å². The number of hydrogen-bond donors (Lipinski definition) is 0. The van der Waals surface area contributed by atoms with Crippen molar-refractivity contribution < 1.29 is 0 Å². The molecule has 9 heterocycles. The Bertz CT molecular complexity index is 5250. The van der Waals surface area contributed by atoms with Gasteiger partial charge in [0.1, 0.15) is 0 Å². The topological polar surface area (TPSA) is 45.6 Å². The van der Waals surface area contributed by atoms with Crippen LogP contribution in [0.25, 0.3) is 43.6 Å². The van der Waals surface area contributed by atoms with Crippen LogP contribution in [0, 0.1) is 54.8 Å². The highest BCUT2D eigenvalue weighted by atomic mass is 35.5. The number of rotatable bonds is 1. The fraction of sp³-hybridized carbons (Fsp3) is 0.241. The lowest BCUT2D eigenvalue weighted by molar-refractivity contribution is 0.219. The highest BCUT2D eigenvalue weighted by Gasteiger charge is 2.31. The molecule has 16 rings (SSSR count). The van der Waals surface area contributed by atoms with E-state index in [1.165, 1.54) is 77.7 Å². The lowest BCUT2D eigenvalue weighted by atomic mass is 9.96. The van der Waals surface area contributed by atoms with Crippen LogP contribution < -0.4 is 0 Å². The van der Waals surface area contributed by atoms with E-state index in [1.54, 1.807) is 12.4 Å². The van der Waals surface area contributed by atoms with Gasteiger partial charge in [-0.05, 0) is 272 Å². The molecule has 12 aromatic rings. The standard InChI is InChI=1S/C22H20Cl2N2.C21H18Cl2N2.C20H16Cl2N2.C20H19N3/c1-3-20-22-18(11-12-25(20)2)19-14-17(24)8-9-21(19)26(22)13-10-15-4-6-16(23)7-5-15;1-14-21-18(10-11-24(14)2)19-13-17(23)7-8-20(19)25(21)12-9-15-3-5-16(22)6-4-15;1-23-10-9-17-18-12-16(22)6-7-19(18)24(20(17)13-23)11-8-14-2-4-15(21)5-3-14;1-15-3-4-19-18(13-15)17-8-11-22(2)14-20(17)23(19)12-7-16-5-9-21-10-6-16/h4-9,14,20H,3,11-12H2,1-2H3;3-8,13-14H,10-11H2,1-2H3;2-7,12H,9-10,13H2,1H3;3-6,9-10,13H,8,11,14H2,1-2H3. The fourth-order valence-electron chi connectivity index (χ4n) is 13.9. The Balaban J connectivity index is 0.000000118. The van der Waals surface area contributed by atoms with Crippen molar-refractivity contribution in [3.8, 4) is 47.9 Å². The van der Waals surface area contributed by atoms with Crippen LogP contribution in [-0.4, -0.2) is 97.2 Å². The minimum absolute atomic E-state index is 0.314. The number of aromatic nitrogens is 5. The summed E-state index contributed by atoms with van der Waals surface area (Å²) in [6.07, 6.45) is 8.77. The van der Waals surface area contributed by atoms with Gasteiger partial charge in [-0.25, -0.2) is 0 Å². The van der Waals surface area contributed by atoms with Crippen molar-refractivity contribution >= 4 is 113 Å². The molecule has 9 nitrogen and oxygen atoms in total. The molecule has 0 fully saturated rings. The molecule has 2 unspecified atom stereocenters. The van der Waals surface area contributed by atoms with E-state index in [-0.39, 0.29) is 0 Å². The molecule has 0 amide bonds. The van der Waals surface area contributed by atoms with Gasteiger partial charge in [-0.3, -0.25) is 33.1 Å². The Morgan fingerprint density at radius 2 is 0.735 bits per heavy atom. The van der Waals surface area contributed by atoms with Crippen molar-refractivity contribution in [2.24, 2.45) is 0 Å². The number of nitrogens with zero attached hydrogens (tertiary/aromatic N) is 9. The highest BCUT2D eigenvalue weighted by Crippen LogP contribution is 2.40. The summed E-state index contributed by atoms with van der Waals surface area (Å²) >= 11 is 36.7. The van der Waals surface area contributed by atoms with E-state index in [1.807, 2.05) is 103 Å². The first-order valence-corrected chi connectivity index (χ1v) is 35.4. The van der Waals surface area contributed by atoms with E-state index in [0.29, 0.717) is 12.1 Å². The van der Waals surface area contributed by atoms with Crippen LogP contribution in [-0.2, 0) is 38.8 Å². The van der Waals surface area contributed by atoms with Gasteiger partial charge in [-0.2, -0.15) is 0 Å². The Morgan fingerprint density at radius 1 is 0.388 bits per heavy atom. The monoisotopic (exact) mass is 1410 g/mol. The molecule has 2 atom stereocenters. The van der Waals surface area contributed by atoms with E-state index >= 15 is 0 Å². The van der Waals surface area contributed by atoms with Crippen LogP contribution in [0.4, 0.5) is 0 Å². The molecular weight excluding hydrogens is 1340 g/mol. The normalized spacial score (nSPS) is 15.8. The molecule has 0 aliphatic carbocycles. The van der Waals surface area contributed by atoms with Crippen LogP contribution in [0.3, 0.4) is 0 Å². The predicted octanol–water partition coefficient (Wildman–Crippen LogP) is 19.1. The maximum Gasteiger partial charge on any atom is 0.0619 e. The van der Waals surface area contributed by atoms with E-state index in [9.17, 15) is 0 Å². The molecule has 7 aromatic carbocycles. The van der Waals surface area contributed by atoms with Crippen molar-refractivity contribution in [3.63, 3.8) is 0 Å². The number of fused-ring (bicyclic) bond motifs is 12. The first-order valence-electron chi connectivity index (χ1n) is 33.1. The molecule has 0 N–H and O–H groups in total.